The van der Waals surface area contributed by atoms with Crippen molar-refractivity contribution in [2.45, 2.75) is 141 Å². The van der Waals surface area contributed by atoms with Gasteiger partial charge < -0.3 is 81.9 Å². The van der Waals surface area contributed by atoms with Gasteiger partial charge in [0.25, 0.3) is 59.1 Å². The van der Waals surface area contributed by atoms with Crippen molar-refractivity contribution in [2.24, 2.45) is 22.9 Å². The average molecular weight is 1880 g/mol. The lowest BCUT2D eigenvalue weighted by Crippen LogP contribution is -2.45. The molecule has 0 aliphatic carbocycles. The van der Waals surface area contributed by atoms with Crippen molar-refractivity contribution in [3.63, 3.8) is 0 Å². The lowest BCUT2D eigenvalue weighted by Gasteiger charge is -2.30. The van der Waals surface area contributed by atoms with E-state index in [0.29, 0.717) is 77.1 Å². The first-order valence-electron chi connectivity index (χ1n) is 43.3. The fourth-order valence-electron chi connectivity index (χ4n) is 16.4. The zero-order valence-electron chi connectivity index (χ0n) is 74.4. The van der Waals surface area contributed by atoms with Crippen LogP contribution in [0.3, 0.4) is 0 Å². The molecule has 0 bridgehead atoms. The molecule has 4 aliphatic heterocycles. The number of aromatic nitrogens is 8. The van der Waals surface area contributed by atoms with E-state index in [1.54, 1.807) is 133 Å². The molecular weight excluding hydrogens is 1770 g/mol. The van der Waals surface area contributed by atoms with Gasteiger partial charge in [0.05, 0.1) is 50.3 Å². The van der Waals surface area contributed by atoms with E-state index in [-0.39, 0.29) is 125 Å². The predicted octanol–water partition coefficient (Wildman–Crippen LogP) is 12.1. The van der Waals surface area contributed by atoms with Crippen molar-refractivity contribution in [3.05, 3.63) is 283 Å². The molecule has 4 aromatic heterocycles. The SMILES string of the molecule is Cc1ccccc1C(=O)NCc1ccc(-c2nn(C3CCNC(F)(F)C3)c(N)c2C(N)=O)cc1.Cc1ccccc1C(=O)NCc1ccc(-c2nn(C3CCOC(F)(F)C3)c(N)c2C(N)=O)cc1.Cc1ccccc1C(=O)NCc1ccc(-c2nn(C3CNCC(F)(F)C3)c(N)c2C(N)=O)cc1.Cc1ccccc1C(=O)NCc1ccc(-c2nn(C3COCC(F)(F)C3)c(N)c2C(N)=O)cc1. The number of carbonyl (C=O) groups is 8. The Bertz CT molecular complexity index is 5660. The number of ether oxygens (including phenoxy) is 2. The highest BCUT2D eigenvalue weighted by atomic mass is 19.3. The summed E-state index contributed by atoms with van der Waals surface area (Å²) in [6.45, 7) is 7.78. The lowest BCUT2D eigenvalue weighted by atomic mass is 10.0. The standard InChI is InChI=1S/2C24H26F2N6O2.2C24H25F2N5O3/c1-14-4-2-3-5-18(14)23(34)30-11-15-6-8-16(9-7-15)20-19(22(28)33)21(27)32(31-20)17-10-24(25,26)13-29-12-17;1-14-4-2-3-5-18(14)23(34)29-13-15-6-8-16(9-7-15)20-19(22(28)33)21(27)32(31-20)17-10-11-30-24(25,26)12-17;1-14-4-2-3-5-18(14)23(33)29-11-15-6-8-16(9-7-15)20-19(22(28)32)21(27)31(30-20)17-10-24(25,26)13-34-12-17;1-14-4-2-3-5-18(14)23(33)29-13-15-6-8-16(9-7-15)20-19(22(28)32)21(27)31(30-20)17-10-11-34-24(25,26)12-17/h2-9,17,29H,10-13,27H2,1H3,(H2,28,33)(H,30,34);2-9,17,30H,10-13,27H2,1H3,(H2,28,33)(H,29,34);2*2-9,17H,10-13,27H2,1H3,(H2,28,32)(H,29,33). The molecule has 8 heterocycles. The largest absolute Gasteiger partial charge is 0.383 e. The molecule has 4 aliphatic rings. The molecule has 136 heavy (non-hydrogen) atoms. The van der Waals surface area contributed by atoms with Crippen molar-refractivity contribution < 1.29 is 83.0 Å². The number of amides is 8. The van der Waals surface area contributed by atoms with E-state index in [2.05, 4.69) is 57.0 Å². The molecule has 22 N–H and O–H groups in total. The first kappa shape index (κ1) is 98.3. The number of nitrogen functional groups attached to an aromatic ring is 4. The van der Waals surface area contributed by atoms with E-state index in [1.165, 1.54) is 18.7 Å². The van der Waals surface area contributed by atoms with Crippen LogP contribution in [-0.2, 0) is 35.7 Å². The summed E-state index contributed by atoms with van der Waals surface area (Å²) in [5, 5.41) is 33.9. The second-order valence-electron chi connectivity index (χ2n) is 33.4. The molecule has 0 spiro atoms. The van der Waals surface area contributed by atoms with Crippen LogP contribution in [0.2, 0.25) is 0 Å². The molecule has 0 radical (unpaired) electrons. The van der Waals surface area contributed by atoms with E-state index in [0.717, 1.165) is 44.5 Å². The number of piperidine rings is 2. The Morgan fingerprint density at radius 3 is 0.963 bits per heavy atom. The fraction of sp³-hybridized carbons (Fsp3) is 0.292. The maximum atomic E-state index is 13.9. The van der Waals surface area contributed by atoms with Crippen LogP contribution >= 0.6 is 0 Å². The Morgan fingerprint density at radius 2 is 0.676 bits per heavy atom. The average Bonchev–Trinajstić information content (AvgIpc) is 1.64. The number of primary amides is 4. The van der Waals surface area contributed by atoms with Gasteiger partial charge in [-0.05, 0) is 109 Å². The summed E-state index contributed by atoms with van der Waals surface area (Å²) < 4.78 is 125. The quantitative estimate of drug-likeness (QED) is 0.0197. The zero-order chi connectivity index (χ0) is 97.8. The van der Waals surface area contributed by atoms with Crippen LogP contribution in [0, 0.1) is 27.7 Å². The molecule has 12 aromatic rings. The maximum Gasteiger partial charge on any atom is 0.357 e. The van der Waals surface area contributed by atoms with Gasteiger partial charge in [-0.2, -0.15) is 38.0 Å². The summed E-state index contributed by atoms with van der Waals surface area (Å²) in [6.07, 6.45) is -4.67. The van der Waals surface area contributed by atoms with E-state index < -0.39 is 111 Å². The first-order valence-corrected chi connectivity index (χ1v) is 43.3. The third-order valence-electron chi connectivity index (χ3n) is 23.5. The van der Waals surface area contributed by atoms with Crippen LogP contribution in [-0.4, -0.2) is 150 Å². The Hall–Kier alpha value is -15.2. The van der Waals surface area contributed by atoms with Crippen LogP contribution < -0.4 is 77.8 Å². The predicted molar refractivity (Wildman–Crippen MR) is 493 cm³/mol. The smallest absolute Gasteiger partial charge is 0.357 e. The third kappa shape index (κ3) is 23.5. The molecule has 8 aromatic carbocycles. The number of hydrogen-bond acceptors (Lipinski definition) is 20. The van der Waals surface area contributed by atoms with Crippen LogP contribution in [0.5, 0.6) is 0 Å². The van der Waals surface area contributed by atoms with Crippen molar-refractivity contribution in [1.82, 2.24) is 71.0 Å². The molecule has 4 fully saturated rings. The molecular formula is C96H102F8N22O10. The molecule has 16 rings (SSSR count). The molecule has 712 valence electrons. The summed E-state index contributed by atoms with van der Waals surface area (Å²) in [7, 11) is 0. The Kier molecular flexibility index (Phi) is 30.3. The third-order valence-corrected chi connectivity index (χ3v) is 23.5. The number of halogens is 8. The van der Waals surface area contributed by atoms with Crippen molar-refractivity contribution in [1.29, 1.82) is 0 Å². The topological polar surface area (TPSA) is 507 Å². The zero-order valence-corrected chi connectivity index (χ0v) is 74.4. The number of alkyl halides is 8. The Balaban J connectivity index is 0.000000153. The van der Waals surface area contributed by atoms with Crippen molar-refractivity contribution >= 4 is 70.5 Å². The van der Waals surface area contributed by atoms with Gasteiger partial charge in [0.2, 0.25) is 0 Å². The van der Waals surface area contributed by atoms with Crippen LogP contribution in [0.4, 0.5) is 58.4 Å². The van der Waals surface area contributed by atoms with E-state index in [9.17, 15) is 73.5 Å². The molecule has 32 nitrogen and oxygen atoms in total. The minimum Gasteiger partial charge on any atom is -0.383 e. The molecule has 0 saturated carbocycles. The number of anilines is 4. The van der Waals surface area contributed by atoms with E-state index in [1.807, 2.05) is 88.4 Å². The highest BCUT2D eigenvalue weighted by Crippen LogP contribution is 2.42. The molecule has 4 saturated heterocycles. The summed E-state index contributed by atoms with van der Waals surface area (Å²) in [5.41, 5.74) is 58.9. The van der Waals surface area contributed by atoms with E-state index in [4.69, 9.17) is 50.6 Å². The van der Waals surface area contributed by atoms with Gasteiger partial charge in [-0.25, -0.2) is 36.3 Å². The lowest BCUT2D eigenvalue weighted by molar-refractivity contribution is -0.266. The number of nitrogens with one attached hydrogen (secondary N) is 6. The molecule has 8 amide bonds. The van der Waals surface area contributed by atoms with Gasteiger partial charge in [-0.3, -0.25) is 43.7 Å². The number of nitrogens with two attached hydrogens (primary N) is 8. The fourth-order valence-corrected chi connectivity index (χ4v) is 16.4. The van der Waals surface area contributed by atoms with Gasteiger partial charge in [-0.15, -0.1) is 0 Å². The highest BCUT2D eigenvalue weighted by molar-refractivity contribution is 6.06. The number of nitrogens with zero attached hydrogens (tertiary/aromatic N) is 8. The molecule has 40 heteroatoms. The molecule has 4 atom stereocenters. The maximum absolute atomic E-state index is 13.9. The van der Waals surface area contributed by atoms with Gasteiger partial charge in [0.1, 0.15) is 74.9 Å². The van der Waals surface area contributed by atoms with Gasteiger partial charge >= 0.3 is 12.2 Å². The number of benzene rings is 8. The van der Waals surface area contributed by atoms with Crippen molar-refractivity contribution in [3.8, 4) is 45.0 Å². The van der Waals surface area contributed by atoms with Gasteiger partial charge in [0, 0.05) is 103 Å². The van der Waals surface area contributed by atoms with Crippen LogP contribution in [0.15, 0.2) is 194 Å². The number of carbonyl (C=O) groups excluding carboxylic acids is 8. The second-order valence-corrected chi connectivity index (χ2v) is 33.4. The minimum absolute atomic E-state index is 0.00135. The normalized spacial score (nSPS) is 17.3. The molecule has 4 unspecified atom stereocenters. The summed E-state index contributed by atoms with van der Waals surface area (Å²) in [6, 6.07) is 51.2. The minimum atomic E-state index is -3.29. The summed E-state index contributed by atoms with van der Waals surface area (Å²) in [5.74, 6) is -10.0. The number of rotatable bonds is 24. The Morgan fingerprint density at radius 1 is 0.382 bits per heavy atom. The number of hydrogen-bond donors (Lipinski definition) is 14. The van der Waals surface area contributed by atoms with Gasteiger partial charge in [-0.1, -0.05) is 170 Å². The highest BCUT2D eigenvalue weighted by Gasteiger charge is 2.44. The van der Waals surface area contributed by atoms with E-state index >= 15 is 0 Å². The summed E-state index contributed by atoms with van der Waals surface area (Å²) >= 11 is 0. The van der Waals surface area contributed by atoms with Crippen molar-refractivity contribution in [2.75, 3.05) is 62.4 Å². The van der Waals surface area contributed by atoms with Gasteiger partial charge in [0.15, 0.2) is 0 Å². The number of aryl methyl sites for hydroxylation is 4. The second kappa shape index (κ2) is 42.0. The van der Waals surface area contributed by atoms with Crippen LogP contribution in [0.25, 0.3) is 45.0 Å². The van der Waals surface area contributed by atoms with Crippen LogP contribution in [0.1, 0.15) is 190 Å². The monoisotopic (exact) mass is 1870 g/mol. The summed E-state index contributed by atoms with van der Waals surface area (Å²) in [4.78, 5) is 98.2. The Labute approximate surface area is 774 Å². The first-order chi connectivity index (χ1) is 64.6.